The first kappa shape index (κ1) is 12.6. The van der Waals surface area contributed by atoms with Crippen LogP contribution in [0.25, 0.3) is 0 Å². The molecule has 1 aromatic rings. The summed E-state index contributed by atoms with van der Waals surface area (Å²) in [6.45, 7) is 0. The first-order valence-electron chi connectivity index (χ1n) is 5.90. The quantitative estimate of drug-likeness (QED) is 0.767. The maximum Gasteiger partial charge on any atom is 0.155 e. The van der Waals surface area contributed by atoms with Crippen molar-refractivity contribution in [1.29, 1.82) is 0 Å². The molecule has 0 bridgehead atoms. The maximum atomic E-state index is 12.7. The first-order chi connectivity index (χ1) is 8.58. The van der Waals surface area contributed by atoms with Crippen LogP contribution in [0.3, 0.4) is 0 Å². The third-order valence-electron chi connectivity index (χ3n) is 3.10. The Hall–Kier alpha value is -1.84. The van der Waals surface area contributed by atoms with E-state index in [4.69, 9.17) is 0 Å². The van der Waals surface area contributed by atoms with Gasteiger partial charge in [0.2, 0.25) is 0 Å². The third kappa shape index (κ3) is 2.70. The molecule has 0 saturated heterocycles. The average molecular weight is 248 g/mol. The molecule has 0 radical (unpaired) electrons. The van der Waals surface area contributed by atoms with Crippen LogP contribution in [-0.2, 0) is 20.8 Å². The Bertz CT molecular complexity index is 474. The van der Waals surface area contributed by atoms with E-state index in [-0.39, 0.29) is 29.6 Å². The van der Waals surface area contributed by atoms with Gasteiger partial charge in [0.05, 0.1) is 0 Å². The highest BCUT2D eigenvalue weighted by Gasteiger charge is 2.35. The van der Waals surface area contributed by atoms with Gasteiger partial charge in [-0.3, -0.25) is 14.4 Å². The lowest BCUT2D eigenvalue weighted by Gasteiger charge is -2.18. The van der Waals surface area contributed by atoms with E-state index in [1.54, 1.807) is 0 Å². The number of carbonyl (C=O) groups is 3. The molecular formula is C14H13FO3. The van der Waals surface area contributed by atoms with Crippen LogP contribution < -0.4 is 0 Å². The lowest BCUT2D eigenvalue weighted by atomic mass is 9.82. The monoisotopic (exact) mass is 248 g/mol. The second-order valence-electron chi connectivity index (χ2n) is 4.49. The molecule has 4 heteroatoms. The fourth-order valence-corrected chi connectivity index (χ4v) is 2.17. The minimum Gasteiger partial charge on any atom is -0.298 e. The lowest BCUT2D eigenvalue weighted by Crippen LogP contribution is -2.36. The predicted octanol–water partition coefficient (Wildman–Crippen LogP) is 1.88. The van der Waals surface area contributed by atoms with Crippen molar-refractivity contribution in [2.24, 2.45) is 5.92 Å². The molecule has 0 aromatic heterocycles. The van der Waals surface area contributed by atoms with E-state index in [2.05, 4.69) is 0 Å². The molecule has 0 unspecified atom stereocenters. The van der Waals surface area contributed by atoms with Crippen molar-refractivity contribution in [3.05, 3.63) is 35.6 Å². The van der Waals surface area contributed by atoms with Crippen LogP contribution in [0.2, 0.25) is 0 Å². The Labute approximate surface area is 104 Å². The number of hydrogen-bond donors (Lipinski definition) is 0. The number of halogens is 1. The van der Waals surface area contributed by atoms with Gasteiger partial charge in [0, 0.05) is 19.3 Å². The number of Topliss-reactive ketones (excluding diaryl/α,β-unsaturated/α-hetero) is 3. The lowest BCUT2D eigenvalue weighted by molar-refractivity contribution is -0.141. The summed E-state index contributed by atoms with van der Waals surface area (Å²) in [5, 5.41) is 0. The van der Waals surface area contributed by atoms with E-state index in [0.717, 1.165) is 0 Å². The zero-order chi connectivity index (χ0) is 13.1. The Morgan fingerprint density at radius 3 is 2.22 bits per heavy atom. The van der Waals surface area contributed by atoms with E-state index >= 15 is 0 Å². The van der Waals surface area contributed by atoms with Crippen molar-refractivity contribution in [3.8, 4) is 0 Å². The Kier molecular flexibility index (Phi) is 3.65. The molecule has 1 aromatic carbocycles. The topological polar surface area (TPSA) is 51.2 Å². The van der Waals surface area contributed by atoms with Crippen LogP contribution >= 0.6 is 0 Å². The number of ketones is 3. The molecule has 0 heterocycles. The summed E-state index contributed by atoms with van der Waals surface area (Å²) in [5.74, 6) is -2.41. The normalized spacial score (nSPS) is 16.9. The van der Waals surface area contributed by atoms with Crippen molar-refractivity contribution in [1.82, 2.24) is 0 Å². The molecule has 0 spiro atoms. The highest BCUT2D eigenvalue weighted by atomic mass is 19.1. The summed E-state index contributed by atoms with van der Waals surface area (Å²) in [5.41, 5.74) is 0.618. The zero-order valence-corrected chi connectivity index (χ0v) is 9.82. The molecule has 1 aliphatic carbocycles. The molecule has 0 N–H and O–H groups in total. The standard InChI is InChI=1S/C14H13FO3/c15-10-6-4-9(5-7-10)8-13(18)14-11(16)2-1-3-12(14)17/h4-7,14H,1-3,8H2. The highest BCUT2D eigenvalue weighted by Crippen LogP contribution is 2.20. The summed E-state index contributed by atoms with van der Waals surface area (Å²) in [6.07, 6.45) is 1.14. The van der Waals surface area contributed by atoms with Crippen LogP contribution in [0.15, 0.2) is 24.3 Å². The molecule has 0 aliphatic heterocycles. The van der Waals surface area contributed by atoms with Crippen LogP contribution in [0.1, 0.15) is 24.8 Å². The molecule has 94 valence electrons. The molecule has 3 nitrogen and oxygen atoms in total. The van der Waals surface area contributed by atoms with E-state index < -0.39 is 5.92 Å². The van der Waals surface area contributed by atoms with E-state index in [0.29, 0.717) is 24.8 Å². The van der Waals surface area contributed by atoms with Crippen molar-refractivity contribution in [2.45, 2.75) is 25.7 Å². The molecule has 2 rings (SSSR count). The van der Waals surface area contributed by atoms with Crippen LogP contribution in [-0.4, -0.2) is 17.3 Å². The summed E-state index contributed by atoms with van der Waals surface area (Å²) < 4.78 is 12.7. The van der Waals surface area contributed by atoms with Crippen molar-refractivity contribution in [3.63, 3.8) is 0 Å². The van der Waals surface area contributed by atoms with Crippen molar-refractivity contribution in [2.75, 3.05) is 0 Å². The Morgan fingerprint density at radius 1 is 1.11 bits per heavy atom. The summed E-state index contributed by atoms with van der Waals surface area (Å²) >= 11 is 0. The van der Waals surface area contributed by atoms with Gasteiger partial charge in [0.25, 0.3) is 0 Å². The number of benzene rings is 1. The highest BCUT2D eigenvalue weighted by molar-refractivity contribution is 6.20. The van der Waals surface area contributed by atoms with E-state index in [9.17, 15) is 18.8 Å². The van der Waals surface area contributed by atoms with Gasteiger partial charge >= 0.3 is 0 Å². The van der Waals surface area contributed by atoms with Gasteiger partial charge in [-0.1, -0.05) is 12.1 Å². The number of hydrogen-bond acceptors (Lipinski definition) is 3. The van der Waals surface area contributed by atoms with Gasteiger partial charge < -0.3 is 0 Å². The third-order valence-corrected chi connectivity index (χ3v) is 3.10. The van der Waals surface area contributed by atoms with Gasteiger partial charge in [0.1, 0.15) is 11.7 Å². The Balaban J connectivity index is 2.09. The van der Waals surface area contributed by atoms with Crippen LogP contribution in [0.4, 0.5) is 4.39 Å². The fraction of sp³-hybridized carbons (Fsp3) is 0.357. The fourth-order valence-electron chi connectivity index (χ4n) is 2.17. The zero-order valence-electron chi connectivity index (χ0n) is 9.82. The summed E-state index contributed by atoms with van der Waals surface area (Å²) in [4.78, 5) is 35.1. The van der Waals surface area contributed by atoms with Crippen molar-refractivity contribution >= 4 is 17.3 Å². The SMILES string of the molecule is O=C1CCCC(=O)C1C(=O)Cc1ccc(F)cc1. The maximum absolute atomic E-state index is 12.7. The van der Waals surface area contributed by atoms with Gasteiger partial charge in [-0.05, 0) is 24.1 Å². The van der Waals surface area contributed by atoms with Crippen LogP contribution in [0, 0.1) is 11.7 Å². The molecule has 0 amide bonds. The molecule has 0 atom stereocenters. The van der Waals surface area contributed by atoms with Gasteiger partial charge in [0.15, 0.2) is 17.3 Å². The molecule has 1 saturated carbocycles. The van der Waals surface area contributed by atoms with E-state index in [1.807, 2.05) is 0 Å². The summed E-state index contributed by atoms with van der Waals surface area (Å²) in [7, 11) is 0. The first-order valence-corrected chi connectivity index (χ1v) is 5.90. The molecular weight excluding hydrogens is 235 g/mol. The van der Waals surface area contributed by atoms with Crippen molar-refractivity contribution < 1.29 is 18.8 Å². The van der Waals surface area contributed by atoms with Gasteiger partial charge in [-0.2, -0.15) is 0 Å². The Morgan fingerprint density at radius 2 is 1.67 bits per heavy atom. The van der Waals surface area contributed by atoms with E-state index in [1.165, 1.54) is 24.3 Å². The largest absolute Gasteiger partial charge is 0.298 e. The molecule has 1 aliphatic rings. The predicted molar refractivity (Wildman–Crippen MR) is 62.5 cm³/mol. The van der Waals surface area contributed by atoms with Crippen LogP contribution in [0.5, 0.6) is 0 Å². The second-order valence-corrected chi connectivity index (χ2v) is 4.49. The van der Waals surface area contributed by atoms with Gasteiger partial charge in [-0.25, -0.2) is 4.39 Å². The molecule has 18 heavy (non-hydrogen) atoms. The molecule has 1 fully saturated rings. The summed E-state index contributed by atoms with van der Waals surface area (Å²) in [6, 6.07) is 5.50. The number of carbonyl (C=O) groups excluding carboxylic acids is 3. The van der Waals surface area contributed by atoms with Gasteiger partial charge in [-0.15, -0.1) is 0 Å². The smallest absolute Gasteiger partial charge is 0.155 e. The minimum atomic E-state index is -1.09. The number of rotatable bonds is 3. The second kappa shape index (κ2) is 5.21. The minimum absolute atomic E-state index is 0.00241. The average Bonchev–Trinajstić information content (AvgIpc) is 2.32.